The van der Waals surface area contributed by atoms with Crippen LogP contribution in [0.3, 0.4) is 0 Å². The van der Waals surface area contributed by atoms with E-state index in [4.69, 9.17) is 9.47 Å². The number of allylic oxidation sites excluding steroid dienone is 1. The Morgan fingerprint density at radius 3 is 2.31 bits per heavy atom. The highest BCUT2D eigenvalue weighted by atomic mass is 19.4. The van der Waals surface area contributed by atoms with E-state index < -0.39 is 29.6 Å². The number of aryl methyl sites for hydroxylation is 1. The lowest BCUT2D eigenvalue weighted by Gasteiger charge is -2.52. The molecule has 2 heterocycles. The zero-order chi connectivity index (χ0) is 25.6. The Morgan fingerprint density at radius 2 is 1.72 bits per heavy atom. The van der Waals surface area contributed by atoms with Gasteiger partial charge in [0.25, 0.3) is 5.60 Å². The van der Waals surface area contributed by atoms with Crippen LogP contribution >= 0.6 is 0 Å². The number of para-hydroxylation sites is 1. The van der Waals surface area contributed by atoms with Gasteiger partial charge in [-0.3, -0.25) is 4.79 Å². The molecule has 36 heavy (non-hydrogen) atoms. The van der Waals surface area contributed by atoms with Crippen molar-refractivity contribution < 1.29 is 32.2 Å². The predicted octanol–water partition coefficient (Wildman–Crippen LogP) is 5.73. The number of benzene rings is 1. The topological polar surface area (TPSA) is 57.5 Å². The largest absolute Gasteiger partial charge is 0.465 e. The fourth-order valence-electron chi connectivity index (χ4n) is 8.06. The molecule has 0 spiro atoms. The first-order valence-electron chi connectivity index (χ1n) is 12.8. The molecule has 192 valence electrons. The third-order valence-electron chi connectivity index (χ3n) is 9.21. The van der Waals surface area contributed by atoms with Crippen LogP contribution in [0.4, 0.5) is 13.2 Å². The highest BCUT2D eigenvalue weighted by Crippen LogP contribution is 2.63. The van der Waals surface area contributed by atoms with Gasteiger partial charge in [0.2, 0.25) is 0 Å². The molecule has 1 aromatic carbocycles. The number of fused-ring (bicyclic) bond motifs is 1. The zero-order valence-corrected chi connectivity index (χ0v) is 20.7. The number of hydrogen-bond acceptors (Lipinski definition) is 4. The summed E-state index contributed by atoms with van der Waals surface area (Å²) in [4.78, 5) is 27.1. The average Bonchev–Trinajstić information content (AvgIpc) is 3.25. The molecule has 4 saturated carbocycles. The summed E-state index contributed by atoms with van der Waals surface area (Å²) in [6.07, 6.45) is -0.448. The lowest BCUT2D eigenvalue weighted by Crippen LogP contribution is -2.51. The number of carbonyl (C=O) groups excluding carboxylic acids is 2. The first-order chi connectivity index (χ1) is 17.1. The van der Waals surface area contributed by atoms with Crippen molar-refractivity contribution in [2.45, 2.75) is 57.7 Å². The normalized spacial score (nSPS) is 33.5. The molecule has 1 aliphatic heterocycles. The van der Waals surface area contributed by atoms with Crippen molar-refractivity contribution in [1.29, 1.82) is 0 Å². The smallest absolute Gasteiger partial charge is 0.434 e. The van der Waals surface area contributed by atoms with Gasteiger partial charge < -0.3 is 14.0 Å². The minimum absolute atomic E-state index is 0.0263. The minimum Gasteiger partial charge on any atom is -0.465 e. The number of ether oxygens (including phenoxy) is 2. The molecule has 8 heteroatoms. The number of rotatable bonds is 3. The van der Waals surface area contributed by atoms with E-state index in [0.717, 1.165) is 37.7 Å². The Kier molecular flexibility index (Phi) is 5.16. The number of nitrogens with zero attached hydrogens (tertiary/aromatic N) is 1. The van der Waals surface area contributed by atoms with Gasteiger partial charge in [-0.25, -0.2) is 4.79 Å². The monoisotopic (exact) mass is 501 g/mol. The van der Waals surface area contributed by atoms with Crippen LogP contribution in [0.5, 0.6) is 0 Å². The predicted molar refractivity (Wildman–Crippen MR) is 126 cm³/mol. The first kappa shape index (κ1) is 23.6. The number of carbonyl (C=O) groups is 2. The van der Waals surface area contributed by atoms with E-state index in [2.05, 4.69) is 0 Å². The molecule has 1 aromatic heterocycles. The van der Waals surface area contributed by atoms with Gasteiger partial charge in [0.05, 0.1) is 12.2 Å². The van der Waals surface area contributed by atoms with E-state index in [1.54, 1.807) is 49.7 Å². The lowest BCUT2D eigenvalue weighted by atomic mass is 9.53. The summed E-state index contributed by atoms with van der Waals surface area (Å²) in [7, 11) is 1.68. The summed E-state index contributed by atoms with van der Waals surface area (Å²) in [5, 5.41) is 0.313. The van der Waals surface area contributed by atoms with Crippen molar-refractivity contribution in [1.82, 2.24) is 4.57 Å². The van der Waals surface area contributed by atoms with Crippen LogP contribution in [-0.2, 0) is 31.7 Å². The van der Waals surface area contributed by atoms with Gasteiger partial charge in [-0.2, -0.15) is 13.2 Å². The van der Waals surface area contributed by atoms with Crippen molar-refractivity contribution in [3.05, 3.63) is 46.7 Å². The summed E-state index contributed by atoms with van der Waals surface area (Å²) >= 11 is 0. The fourth-order valence-corrected chi connectivity index (χ4v) is 8.06. The molecule has 7 rings (SSSR count). The Labute approximate surface area is 207 Å². The molecule has 5 aliphatic rings. The molecule has 5 fully saturated rings. The maximum absolute atomic E-state index is 15.4. The van der Waals surface area contributed by atoms with Gasteiger partial charge in [-0.15, -0.1) is 0 Å². The molecular formula is C28H30F3NO4. The SMILES string of the molecule is CCOC(=O)[C@H]1C(=C2C3CC4CC(C3)CC2C4)C(=O)O[C@]1(c1c(C)n(C)c2ccccc12)C(F)(F)F. The van der Waals surface area contributed by atoms with Crippen LogP contribution < -0.4 is 0 Å². The fraction of sp³-hybridized carbons (Fsp3) is 0.571. The van der Waals surface area contributed by atoms with Gasteiger partial charge >= 0.3 is 18.1 Å². The number of cyclic esters (lactones) is 1. The van der Waals surface area contributed by atoms with Crippen LogP contribution in [0.1, 0.15) is 50.3 Å². The van der Waals surface area contributed by atoms with Crippen molar-refractivity contribution in [3.63, 3.8) is 0 Å². The van der Waals surface area contributed by atoms with Crippen LogP contribution in [0.25, 0.3) is 10.9 Å². The van der Waals surface area contributed by atoms with Crippen LogP contribution in [-0.4, -0.2) is 29.3 Å². The van der Waals surface area contributed by atoms with E-state index >= 15 is 13.2 Å². The lowest BCUT2D eigenvalue weighted by molar-refractivity contribution is -0.276. The maximum Gasteiger partial charge on any atom is 0.434 e. The van der Waals surface area contributed by atoms with Crippen molar-refractivity contribution in [3.8, 4) is 0 Å². The Morgan fingerprint density at radius 1 is 1.11 bits per heavy atom. The third-order valence-corrected chi connectivity index (χ3v) is 9.21. The number of esters is 2. The molecule has 0 amide bonds. The molecule has 4 aliphatic carbocycles. The summed E-state index contributed by atoms with van der Waals surface area (Å²) in [5.41, 5.74) is -1.83. The molecular weight excluding hydrogens is 471 g/mol. The van der Waals surface area contributed by atoms with Gasteiger partial charge in [-0.1, -0.05) is 23.8 Å². The van der Waals surface area contributed by atoms with E-state index in [0.29, 0.717) is 28.4 Å². The van der Waals surface area contributed by atoms with Gasteiger partial charge in [0.1, 0.15) is 5.92 Å². The van der Waals surface area contributed by atoms with Gasteiger partial charge in [0, 0.05) is 29.2 Å². The third kappa shape index (κ3) is 3.02. The average molecular weight is 502 g/mol. The molecule has 4 bridgehead atoms. The van der Waals surface area contributed by atoms with E-state index in [-0.39, 0.29) is 29.6 Å². The van der Waals surface area contributed by atoms with Crippen molar-refractivity contribution in [2.24, 2.45) is 36.6 Å². The molecule has 2 aromatic rings. The van der Waals surface area contributed by atoms with Crippen LogP contribution in [0.2, 0.25) is 0 Å². The summed E-state index contributed by atoms with van der Waals surface area (Å²) in [6, 6.07) is 6.72. The maximum atomic E-state index is 15.4. The van der Waals surface area contributed by atoms with Crippen LogP contribution in [0.15, 0.2) is 35.4 Å². The second kappa shape index (κ2) is 7.86. The number of aromatic nitrogens is 1. The first-order valence-corrected chi connectivity index (χ1v) is 12.8. The second-order valence-corrected chi connectivity index (χ2v) is 11.0. The summed E-state index contributed by atoms with van der Waals surface area (Å²) in [6.45, 7) is 3.04. The Balaban J connectivity index is 1.66. The molecule has 2 atom stereocenters. The van der Waals surface area contributed by atoms with E-state index in [1.165, 1.54) is 0 Å². The Hall–Kier alpha value is -2.77. The molecule has 0 N–H and O–H groups in total. The zero-order valence-electron chi connectivity index (χ0n) is 20.7. The van der Waals surface area contributed by atoms with Crippen molar-refractivity contribution >= 4 is 22.8 Å². The minimum atomic E-state index is -5.05. The Bertz CT molecular complexity index is 1280. The molecule has 0 radical (unpaired) electrons. The highest BCUT2D eigenvalue weighted by molar-refractivity contribution is 6.02. The van der Waals surface area contributed by atoms with E-state index in [9.17, 15) is 9.59 Å². The van der Waals surface area contributed by atoms with Crippen molar-refractivity contribution in [2.75, 3.05) is 6.61 Å². The van der Waals surface area contributed by atoms with Gasteiger partial charge in [0.15, 0.2) is 0 Å². The quantitative estimate of drug-likeness (QED) is 0.398. The number of hydrogen-bond donors (Lipinski definition) is 0. The highest BCUT2D eigenvalue weighted by Gasteiger charge is 2.74. The number of halogens is 3. The molecule has 0 unspecified atom stereocenters. The second-order valence-electron chi connectivity index (χ2n) is 11.0. The standard InChI is InChI=1S/C28H30F3NO4/c1-4-35-26(34)24-22(21-17-10-15-9-16(12-17)13-18(21)11-15)25(33)36-27(24,28(29,30)31)23-14(2)32(3)20-8-6-5-7-19(20)23/h5-8,15-18,24H,4,9-13H2,1-3H3/t15?,16?,17?,18?,24-,27+/m1/s1. The molecule has 1 saturated heterocycles. The van der Waals surface area contributed by atoms with Crippen LogP contribution in [0, 0.1) is 36.5 Å². The van der Waals surface area contributed by atoms with E-state index in [1.807, 2.05) is 0 Å². The van der Waals surface area contributed by atoms with Gasteiger partial charge in [-0.05, 0) is 75.7 Å². The molecule has 5 nitrogen and oxygen atoms in total. The number of alkyl halides is 3. The summed E-state index contributed by atoms with van der Waals surface area (Å²) in [5.74, 6) is -2.84. The summed E-state index contributed by atoms with van der Waals surface area (Å²) < 4.78 is 58.7.